The van der Waals surface area contributed by atoms with Crippen molar-refractivity contribution in [3.63, 3.8) is 0 Å². The zero-order chi connectivity index (χ0) is 13.2. The average Bonchev–Trinajstić information content (AvgIpc) is 2.32. The Bertz CT molecular complexity index is 397. The summed E-state index contributed by atoms with van der Waals surface area (Å²) in [5.41, 5.74) is 6.72. The first-order valence-electron chi connectivity index (χ1n) is 6.45. The number of hydrogen-bond acceptors (Lipinski definition) is 4. The molecule has 0 bridgehead atoms. The number of hydrogen-bond donors (Lipinski definition) is 3. The Kier molecular flexibility index (Phi) is 3.90. The van der Waals surface area contributed by atoms with E-state index in [9.17, 15) is 10.2 Å². The summed E-state index contributed by atoms with van der Waals surface area (Å²) in [4.78, 5) is 2.18. The zero-order valence-corrected chi connectivity index (χ0v) is 10.8. The van der Waals surface area contributed by atoms with Gasteiger partial charge in [0.2, 0.25) is 0 Å². The topological polar surface area (TPSA) is 69.7 Å². The van der Waals surface area contributed by atoms with Gasteiger partial charge in [0, 0.05) is 30.9 Å². The molecule has 1 unspecified atom stereocenters. The van der Waals surface area contributed by atoms with E-state index in [4.69, 9.17) is 5.73 Å². The zero-order valence-electron chi connectivity index (χ0n) is 10.8. The first kappa shape index (κ1) is 13.3. The lowest BCUT2D eigenvalue weighted by molar-refractivity contribution is -0.0160. The highest BCUT2D eigenvalue weighted by molar-refractivity contribution is 5.47. The van der Waals surface area contributed by atoms with Gasteiger partial charge in [0.25, 0.3) is 0 Å². The number of rotatable bonds is 3. The van der Waals surface area contributed by atoms with Crippen molar-refractivity contribution >= 4 is 5.69 Å². The van der Waals surface area contributed by atoms with E-state index in [-0.39, 0.29) is 0 Å². The van der Waals surface area contributed by atoms with Crippen LogP contribution in [0.4, 0.5) is 5.69 Å². The van der Waals surface area contributed by atoms with Gasteiger partial charge in [-0.2, -0.15) is 0 Å². The van der Waals surface area contributed by atoms with Gasteiger partial charge in [0.15, 0.2) is 0 Å². The number of aliphatic hydroxyl groups excluding tert-OH is 1. The van der Waals surface area contributed by atoms with Gasteiger partial charge >= 0.3 is 0 Å². The molecule has 0 radical (unpaired) electrons. The summed E-state index contributed by atoms with van der Waals surface area (Å²) in [6.07, 6.45) is 0.947. The largest absolute Gasteiger partial charge is 0.398 e. The van der Waals surface area contributed by atoms with Crippen LogP contribution in [0.25, 0.3) is 0 Å². The van der Waals surface area contributed by atoms with Gasteiger partial charge in [0.1, 0.15) is 0 Å². The molecule has 18 heavy (non-hydrogen) atoms. The minimum Gasteiger partial charge on any atom is -0.398 e. The Balaban J connectivity index is 1.93. The van der Waals surface area contributed by atoms with Gasteiger partial charge in [-0.1, -0.05) is 18.2 Å². The maximum Gasteiger partial charge on any atom is 0.0936 e. The third-order valence-corrected chi connectivity index (χ3v) is 3.72. The quantitative estimate of drug-likeness (QED) is 0.704. The number of likely N-dealkylation sites (tertiary alicyclic amines) is 1. The van der Waals surface area contributed by atoms with Crippen molar-refractivity contribution < 1.29 is 10.2 Å². The molecule has 1 aromatic rings. The number of nitrogens with zero attached hydrogens (tertiary/aromatic N) is 1. The minimum absolute atomic E-state index is 0.548. The van der Waals surface area contributed by atoms with Gasteiger partial charge in [0.05, 0.1) is 11.7 Å². The molecule has 1 aromatic carbocycles. The Morgan fingerprint density at radius 2 is 1.94 bits per heavy atom. The minimum atomic E-state index is -0.561. The summed E-state index contributed by atoms with van der Waals surface area (Å²) in [6, 6.07) is 7.42. The summed E-state index contributed by atoms with van der Waals surface area (Å²) in [7, 11) is 0. The maximum absolute atomic E-state index is 10.2. The molecule has 1 atom stereocenters. The van der Waals surface area contributed by atoms with Crippen LogP contribution in [0.2, 0.25) is 0 Å². The number of nitrogen functional groups attached to an aromatic ring is 1. The van der Waals surface area contributed by atoms with E-state index in [2.05, 4.69) is 4.90 Å². The van der Waals surface area contributed by atoms with E-state index >= 15 is 0 Å². The summed E-state index contributed by atoms with van der Waals surface area (Å²) >= 11 is 0. The van der Waals surface area contributed by atoms with Gasteiger partial charge in [-0.05, 0) is 25.8 Å². The molecule has 0 amide bonds. The number of anilines is 1. The second-order valence-corrected chi connectivity index (χ2v) is 5.44. The molecule has 1 aliphatic rings. The number of benzene rings is 1. The monoisotopic (exact) mass is 250 g/mol. The second kappa shape index (κ2) is 5.26. The lowest BCUT2D eigenvalue weighted by atomic mass is 9.93. The first-order valence-corrected chi connectivity index (χ1v) is 6.45. The second-order valence-electron chi connectivity index (χ2n) is 5.44. The van der Waals surface area contributed by atoms with Crippen LogP contribution in [-0.2, 0) is 0 Å². The molecule has 0 saturated carbocycles. The van der Waals surface area contributed by atoms with Crippen molar-refractivity contribution in [2.24, 2.45) is 0 Å². The van der Waals surface area contributed by atoms with Crippen LogP contribution < -0.4 is 5.73 Å². The van der Waals surface area contributed by atoms with Crippen LogP contribution >= 0.6 is 0 Å². The molecule has 100 valence electrons. The lowest BCUT2D eigenvalue weighted by Gasteiger charge is -2.36. The molecule has 1 aliphatic heterocycles. The highest BCUT2D eigenvalue weighted by Gasteiger charge is 2.28. The number of nitrogens with two attached hydrogens (primary N) is 1. The third-order valence-electron chi connectivity index (χ3n) is 3.72. The molecule has 4 nitrogen and oxygen atoms in total. The molecule has 4 heteroatoms. The van der Waals surface area contributed by atoms with E-state index in [1.165, 1.54) is 0 Å². The van der Waals surface area contributed by atoms with E-state index in [0.717, 1.165) is 31.5 Å². The van der Waals surface area contributed by atoms with E-state index in [1.807, 2.05) is 25.1 Å². The molecular weight excluding hydrogens is 228 g/mol. The molecule has 2 rings (SSSR count). The fraction of sp³-hybridized carbons (Fsp3) is 0.571. The van der Waals surface area contributed by atoms with Gasteiger partial charge in [-0.25, -0.2) is 0 Å². The lowest BCUT2D eigenvalue weighted by Crippen LogP contribution is -2.43. The van der Waals surface area contributed by atoms with Crippen molar-refractivity contribution in [2.75, 3.05) is 25.4 Å². The average molecular weight is 250 g/mol. The molecule has 0 spiro atoms. The normalized spacial score (nSPS) is 21.7. The van der Waals surface area contributed by atoms with Crippen LogP contribution in [-0.4, -0.2) is 40.3 Å². The Morgan fingerprint density at radius 3 is 2.56 bits per heavy atom. The summed E-state index contributed by atoms with van der Waals surface area (Å²) < 4.78 is 0. The highest BCUT2D eigenvalue weighted by Crippen LogP contribution is 2.25. The van der Waals surface area contributed by atoms with Crippen molar-refractivity contribution in [3.05, 3.63) is 29.8 Å². The summed E-state index contributed by atoms with van der Waals surface area (Å²) in [6.45, 7) is 4.08. The van der Waals surface area contributed by atoms with Crippen molar-refractivity contribution in [3.8, 4) is 0 Å². The molecule has 0 aliphatic carbocycles. The number of piperidine rings is 1. The van der Waals surface area contributed by atoms with Crippen LogP contribution in [0.15, 0.2) is 24.3 Å². The number of β-amino-alcohol motifs (C(OH)–C–C–N with tert-alkyl or cyclic N) is 1. The maximum atomic E-state index is 10.2. The van der Waals surface area contributed by atoms with Crippen LogP contribution in [0, 0.1) is 0 Å². The summed E-state index contributed by atoms with van der Waals surface area (Å²) in [5.74, 6) is 0. The summed E-state index contributed by atoms with van der Waals surface area (Å²) in [5, 5.41) is 20.1. The van der Waals surface area contributed by atoms with Gasteiger partial charge < -0.3 is 20.8 Å². The van der Waals surface area contributed by atoms with Gasteiger partial charge in [-0.3, -0.25) is 0 Å². The van der Waals surface area contributed by atoms with Crippen LogP contribution in [0.5, 0.6) is 0 Å². The van der Waals surface area contributed by atoms with E-state index < -0.39 is 11.7 Å². The van der Waals surface area contributed by atoms with Crippen molar-refractivity contribution in [1.82, 2.24) is 4.90 Å². The fourth-order valence-corrected chi connectivity index (χ4v) is 2.37. The molecule has 1 heterocycles. The molecule has 0 aromatic heterocycles. The van der Waals surface area contributed by atoms with Crippen LogP contribution in [0.3, 0.4) is 0 Å². The Labute approximate surface area is 108 Å². The molecule has 1 fully saturated rings. The third kappa shape index (κ3) is 3.22. The SMILES string of the molecule is CC1(O)CCN(CC(O)c2ccccc2N)CC1. The smallest absolute Gasteiger partial charge is 0.0936 e. The number of aliphatic hydroxyl groups is 2. The standard InChI is InChI=1S/C14H22N2O2/c1-14(18)6-8-16(9-7-14)10-13(17)11-4-2-3-5-12(11)15/h2-5,13,17-18H,6-10,15H2,1H3. The van der Waals surface area contributed by atoms with E-state index in [1.54, 1.807) is 6.07 Å². The number of para-hydroxylation sites is 1. The highest BCUT2D eigenvalue weighted by atomic mass is 16.3. The predicted octanol–water partition coefficient (Wildman–Crippen LogP) is 1.15. The predicted molar refractivity (Wildman–Crippen MR) is 72.1 cm³/mol. The fourth-order valence-electron chi connectivity index (χ4n) is 2.37. The van der Waals surface area contributed by atoms with Crippen molar-refractivity contribution in [1.29, 1.82) is 0 Å². The van der Waals surface area contributed by atoms with E-state index in [0.29, 0.717) is 12.2 Å². The van der Waals surface area contributed by atoms with Gasteiger partial charge in [-0.15, -0.1) is 0 Å². The molecule has 4 N–H and O–H groups in total. The Morgan fingerprint density at radius 1 is 1.33 bits per heavy atom. The van der Waals surface area contributed by atoms with Crippen molar-refractivity contribution in [2.45, 2.75) is 31.5 Å². The first-order chi connectivity index (χ1) is 8.48. The molecule has 1 saturated heterocycles. The molecular formula is C14H22N2O2. The Hall–Kier alpha value is -1.10. The van der Waals surface area contributed by atoms with Crippen LogP contribution in [0.1, 0.15) is 31.4 Å².